The first-order valence-corrected chi connectivity index (χ1v) is 10.5. The molecular formula is C22H35N7. The summed E-state index contributed by atoms with van der Waals surface area (Å²) in [5, 5.41) is 11.3. The van der Waals surface area contributed by atoms with E-state index in [1.54, 1.807) is 0 Å². The number of hydrogen-bond acceptors (Lipinski definition) is 4. The van der Waals surface area contributed by atoms with Crippen LogP contribution in [-0.4, -0.2) is 78.9 Å². The van der Waals surface area contributed by atoms with Crippen LogP contribution in [0.5, 0.6) is 0 Å². The van der Waals surface area contributed by atoms with Crippen LogP contribution >= 0.6 is 0 Å². The van der Waals surface area contributed by atoms with Gasteiger partial charge in [-0.1, -0.05) is 31.2 Å². The molecule has 0 saturated carbocycles. The Balaban J connectivity index is 1.45. The smallest absolute Gasteiger partial charge is 0.191 e. The number of nitrogens with one attached hydrogen (secondary N) is 2. The summed E-state index contributed by atoms with van der Waals surface area (Å²) in [6.07, 6.45) is 3.81. The Morgan fingerprint density at radius 1 is 1.10 bits per heavy atom. The van der Waals surface area contributed by atoms with Crippen LogP contribution in [0.1, 0.15) is 18.1 Å². The first-order chi connectivity index (χ1) is 14.1. The molecule has 7 heteroatoms. The number of aromatic nitrogens is 2. The number of benzene rings is 1. The fourth-order valence-electron chi connectivity index (χ4n) is 3.66. The Bertz CT molecular complexity index is 748. The maximum absolute atomic E-state index is 4.39. The second kappa shape index (κ2) is 11.0. The lowest BCUT2D eigenvalue weighted by molar-refractivity contribution is 0.139. The lowest BCUT2D eigenvalue weighted by atomic mass is 10.1. The number of piperazine rings is 1. The molecule has 2 aromatic rings. The van der Waals surface area contributed by atoms with Gasteiger partial charge in [-0.05, 0) is 30.2 Å². The van der Waals surface area contributed by atoms with Crippen molar-refractivity contribution in [2.24, 2.45) is 10.9 Å². The van der Waals surface area contributed by atoms with Crippen molar-refractivity contribution in [3.63, 3.8) is 0 Å². The van der Waals surface area contributed by atoms with E-state index in [-0.39, 0.29) is 0 Å². The molecule has 29 heavy (non-hydrogen) atoms. The van der Waals surface area contributed by atoms with Crippen molar-refractivity contribution in [2.75, 3.05) is 53.4 Å². The van der Waals surface area contributed by atoms with Gasteiger partial charge in [-0.3, -0.25) is 9.67 Å². The molecule has 1 aliphatic rings. The van der Waals surface area contributed by atoms with Gasteiger partial charge < -0.3 is 20.4 Å². The third-order valence-electron chi connectivity index (χ3n) is 5.46. The van der Waals surface area contributed by atoms with Gasteiger partial charge >= 0.3 is 0 Å². The van der Waals surface area contributed by atoms with Crippen LogP contribution in [0.4, 0.5) is 0 Å². The van der Waals surface area contributed by atoms with Crippen molar-refractivity contribution < 1.29 is 0 Å². The Morgan fingerprint density at radius 2 is 1.86 bits per heavy atom. The zero-order valence-corrected chi connectivity index (χ0v) is 18.0. The summed E-state index contributed by atoms with van der Waals surface area (Å²) in [7, 11) is 4.03. The SMILES string of the molecule is CN=C(NCc1ccccc1Cn1cccn1)NCC(C)CN1CCN(C)CC1. The molecule has 0 radical (unpaired) electrons. The van der Waals surface area contributed by atoms with E-state index in [1.807, 2.05) is 30.2 Å². The van der Waals surface area contributed by atoms with Gasteiger partial charge in [-0.25, -0.2) is 0 Å². The van der Waals surface area contributed by atoms with E-state index in [4.69, 9.17) is 0 Å². The normalized spacial score (nSPS) is 17.3. The molecule has 2 N–H and O–H groups in total. The van der Waals surface area contributed by atoms with Crippen molar-refractivity contribution in [1.29, 1.82) is 0 Å². The highest BCUT2D eigenvalue weighted by Crippen LogP contribution is 2.10. The minimum atomic E-state index is 0.573. The molecule has 1 fully saturated rings. The molecule has 1 saturated heterocycles. The average Bonchev–Trinajstić information content (AvgIpc) is 3.24. The van der Waals surface area contributed by atoms with E-state index in [0.29, 0.717) is 5.92 Å². The Kier molecular flexibility index (Phi) is 8.07. The maximum Gasteiger partial charge on any atom is 0.191 e. The second-order valence-electron chi connectivity index (χ2n) is 7.99. The Hall–Kier alpha value is -2.38. The van der Waals surface area contributed by atoms with Gasteiger partial charge in [0.05, 0.1) is 6.54 Å². The summed E-state index contributed by atoms with van der Waals surface area (Å²) in [6.45, 7) is 10.5. The highest BCUT2D eigenvalue weighted by atomic mass is 15.3. The van der Waals surface area contributed by atoms with E-state index in [1.165, 1.54) is 37.3 Å². The van der Waals surface area contributed by atoms with Crippen LogP contribution < -0.4 is 10.6 Å². The highest BCUT2D eigenvalue weighted by Gasteiger charge is 2.16. The van der Waals surface area contributed by atoms with Crippen LogP contribution in [0.2, 0.25) is 0 Å². The lowest BCUT2D eigenvalue weighted by Gasteiger charge is -2.34. The van der Waals surface area contributed by atoms with Gasteiger partial charge in [-0.15, -0.1) is 0 Å². The van der Waals surface area contributed by atoms with Gasteiger partial charge in [0.2, 0.25) is 0 Å². The summed E-state index contributed by atoms with van der Waals surface area (Å²) in [6, 6.07) is 10.4. The van der Waals surface area contributed by atoms with Crippen molar-refractivity contribution in [2.45, 2.75) is 20.0 Å². The fourth-order valence-corrected chi connectivity index (χ4v) is 3.66. The molecular weight excluding hydrogens is 362 g/mol. The predicted molar refractivity (Wildman–Crippen MR) is 119 cm³/mol. The monoisotopic (exact) mass is 397 g/mol. The molecule has 0 aliphatic carbocycles. The summed E-state index contributed by atoms with van der Waals surface area (Å²) < 4.78 is 1.95. The van der Waals surface area contributed by atoms with E-state index >= 15 is 0 Å². The predicted octanol–water partition coefficient (Wildman–Crippen LogP) is 1.48. The van der Waals surface area contributed by atoms with Gasteiger partial charge in [0.1, 0.15) is 0 Å². The third-order valence-corrected chi connectivity index (χ3v) is 5.46. The van der Waals surface area contributed by atoms with Crippen LogP contribution in [0, 0.1) is 5.92 Å². The molecule has 0 spiro atoms. The van der Waals surface area contributed by atoms with Crippen LogP contribution in [0.15, 0.2) is 47.7 Å². The average molecular weight is 398 g/mol. The number of likely N-dealkylation sites (N-methyl/N-ethyl adjacent to an activating group) is 1. The van der Waals surface area contributed by atoms with Gasteiger partial charge in [0.15, 0.2) is 5.96 Å². The zero-order chi connectivity index (χ0) is 20.5. The molecule has 1 unspecified atom stereocenters. The van der Waals surface area contributed by atoms with Gasteiger partial charge in [-0.2, -0.15) is 5.10 Å². The molecule has 1 aromatic carbocycles. The van der Waals surface area contributed by atoms with Crippen molar-refractivity contribution >= 4 is 5.96 Å². The highest BCUT2D eigenvalue weighted by molar-refractivity contribution is 5.79. The van der Waals surface area contributed by atoms with Crippen molar-refractivity contribution in [3.8, 4) is 0 Å². The number of hydrogen-bond donors (Lipinski definition) is 2. The van der Waals surface area contributed by atoms with E-state index in [0.717, 1.165) is 32.1 Å². The van der Waals surface area contributed by atoms with E-state index in [2.05, 4.69) is 68.8 Å². The Labute approximate surface area is 174 Å². The lowest BCUT2D eigenvalue weighted by Crippen LogP contribution is -2.47. The first-order valence-electron chi connectivity index (χ1n) is 10.5. The zero-order valence-electron chi connectivity index (χ0n) is 18.0. The largest absolute Gasteiger partial charge is 0.356 e. The maximum atomic E-state index is 4.39. The molecule has 1 aliphatic heterocycles. The number of nitrogens with zero attached hydrogens (tertiary/aromatic N) is 5. The summed E-state index contributed by atoms with van der Waals surface area (Å²) in [5.41, 5.74) is 2.53. The molecule has 158 valence electrons. The van der Waals surface area contributed by atoms with E-state index in [9.17, 15) is 0 Å². The summed E-state index contributed by atoms with van der Waals surface area (Å²) in [5.74, 6) is 1.42. The van der Waals surface area contributed by atoms with Crippen LogP contribution in [-0.2, 0) is 13.1 Å². The third kappa shape index (κ3) is 6.87. The van der Waals surface area contributed by atoms with Crippen LogP contribution in [0.25, 0.3) is 0 Å². The topological polar surface area (TPSA) is 60.7 Å². The van der Waals surface area contributed by atoms with E-state index < -0.39 is 0 Å². The Morgan fingerprint density at radius 3 is 2.55 bits per heavy atom. The van der Waals surface area contributed by atoms with Crippen molar-refractivity contribution in [1.82, 2.24) is 30.2 Å². The molecule has 1 aromatic heterocycles. The molecule has 0 amide bonds. The minimum Gasteiger partial charge on any atom is -0.356 e. The molecule has 2 heterocycles. The summed E-state index contributed by atoms with van der Waals surface area (Å²) in [4.78, 5) is 9.36. The minimum absolute atomic E-state index is 0.573. The molecule has 3 rings (SSSR count). The van der Waals surface area contributed by atoms with Crippen LogP contribution in [0.3, 0.4) is 0 Å². The van der Waals surface area contributed by atoms with Gasteiger partial charge in [0.25, 0.3) is 0 Å². The molecule has 0 bridgehead atoms. The number of guanidine groups is 1. The summed E-state index contributed by atoms with van der Waals surface area (Å²) >= 11 is 0. The van der Waals surface area contributed by atoms with Gasteiger partial charge in [0, 0.05) is 65.3 Å². The molecule has 7 nitrogen and oxygen atoms in total. The first kappa shape index (κ1) is 21.3. The second-order valence-corrected chi connectivity index (χ2v) is 7.99. The number of aliphatic imine (C=N–C) groups is 1. The molecule has 1 atom stereocenters. The standard InChI is InChI=1S/C22H35N7/c1-19(17-28-13-11-27(3)12-14-28)15-24-22(23-2)25-16-20-7-4-5-8-21(20)18-29-10-6-9-26-29/h4-10,19H,11-18H2,1-3H3,(H2,23,24,25). The number of rotatable bonds is 8. The quantitative estimate of drug-likeness (QED) is 0.522. The van der Waals surface area contributed by atoms with Crippen molar-refractivity contribution in [3.05, 3.63) is 53.9 Å². The fraction of sp³-hybridized carbons (Fsp3) is 0.545.